The molecule has 0 aliphatic heterocycles. The topological polar surface area (TPSA) is 55.6 Å². The van der Waals surface area contributed by atoms with Gasteiger partial charge >= 0.3 is 0 Å². The molecule has 1 amide bonds. The first-order chi connectivity index (χ1) is 7.63. The van der Waals surface area contributed by atoms with Crippen LogP contribution in [-0.4, -0.2) is 24.6 Å². The highest BCUT2D eigenvalue weighted by Crippen LogP contribution is 2.12. The second-order valence-electron chi connectivity index (χ2n) is 3.60. The summed E-state index contributed by atoms with van der Waals surface area (Å²) in [5.74, 6) is 5.93. The average molecular weight is 222 g/mol. The van der Waals surface area contributed by atoms with Gasteiger partial charge in [0.15, 0.2) is 0 Å². The standard InChI is InChI=1S/C12H18N2O2/c1-3-10-4-6-11(7-5-10)16-9-8-12(15)14(2)13/h4-7H,3,8-9,13H2,1-2H3. The van der Waals surface area contributed by atoms with Crippen LogP contribution < -0.4 is 10.6 Å². The molecule has 1 aromatic carbocycles. The number of carbonyl (C=O) groups is 1. The summed E-state index contributed by atoms with van der Waals surface area (Å²) in [5.41, 5.74) is 1.27. The van der Waals surface area contributed by atoms with Gasteiger partial charge < -0.3 is 4.74 Å². The molecular weight excluding hydrogens is 204 g/mol. The smallest absolute Gasteiger partial charge is 0.239 e. The first kappa shape index (κ1) is 12.5. The van der Waals surface area contributed by atoms with E-state index in [1.807, 2.05) is 24.3 Å². The van der Waals surface area contributed by atoms with Gasteiger partial charge in [-0.25, -0.2) is 5.84 Å². The van der Waals surface area contributed by atoms with Crippen molar-refractivity contribution in [2.45, 2.75) is 19.8 Å². The van der Waals surface area contributed by atoms with Crippen molar-refractivity contribution < 1.29 is 9.53 Å². The number of benzene rings is 1. The molecule has 0 fully saturated rings. The molecule has 2 N–H and O–H groups in total. The van der Waals surface area contributed by atoms with Crippen LogP contribution in [0.4, 0.5) is 0 Å². The Morgan fingerprint density at radius 3 is 2.50 bits per heavy atom. The number of hydrogen-bond acceptors (Lipinski definition) is 3. The molecule has 16 heavy (non-hydrogen) atoms. The molecule has 0 bridgehead atoms. The molecule has 0 atom stereocenters. The molecule has 0 aromatic heterocycles. The Morgan fingerprint density at radius 1 is 1.38 bits per heavy atom. The lowest BCUT2D eigenvalue weighted by Crippen LogP contribution is -2.33. The van der Waals surface area contributed by atoms with Gasteiger partial charge in [0.05, 0.1) is 13.0 Å². The van der Waals surface area contributed by atoms with Crippen molar-refractivity contribution in [2.24, 2.45) is 5.84 Å². The molecule has 88 valence electrons. The van der Waals surface area contributed by atoms with Gasteiger partial charge in [-0.1, -0.05) is 19.1 Å². The fraction of sp³-hybridized carbons (Fsp3) is 0.417. The maximum atomic E-state index is 11.2. The summed E-state index contributed by atoms with van der Waals surface area (Å²) in [5, 5.41) is 1.07. The Labute approximate surface area is 96.0 Å². The summed E-state index contributed by atoms with van der Waals surface area (Å²) < 4.78 is 5.42. The maximum Gasteiger partial charge on any atom is 0.239 e. The molecule has 0 radical (unpaired) electrons. The van der Waals surface area contributed by atoms with E-state index in [1.165, 1.54) is 12.6 Å². The highest BCUT2D eigenvalue weighted by atomic mass is 16.5. The lowest BCUT2D eigenvalue weighted by Gasteiger charge is -2.10. The SMILES string of the molecule is CCc1ccc(OCCC(=O)N(C)N)cc1. The minimum absolute atomic E-state index is 0.134. The number of aryl methyl sites for hydroxylation is 1. The Morgan fingerprint density at radius 2 is 2.00 bits per heavy atom. The molecule has 0 saturated heterocycles. The molecule has 4 nitrogen and oxygen atoms in total. The zero-order chi connectivity index (χ0) is 12.0. The summed E-state index contributed by atoms with van der Waals surface area (Å²) in [4.78, 5) is 11.2. The molecular formula is C12H18N2O2. The van der Waals surface area contributed by atoms with Crippen molar-refractivity contribution in [1.82, 2.24) is 5.01 Å². The summed E-state index contributed by atoms with van der Waals surface area (Å²) >= 11 is 0. The zero-order valence-electron chi connectivity index (χ0n) is 9.77. The van der Waals surface area contributed by atoms with Crippen LogP contribution in [0.2, 0.25) is 0 Å². The van der Waals surface area contributed by atoms with Crippen LogP contribution in [0.25, 0.3) is 0 Å². The lowest BCUT2D eigenvalue weighted by atomic mass is 10.2. The molecule has 0 heterocycles. The Hall–Kier alpha value is -1.55. The molecule has 0 spiro atoms. The van der Waals surface area contributed by atoms with E-state index < -0.39 is 0 Å². The van der Waals surface area contributed by atoms with Gasteiger partial charge in [-0.2, -0.15) is 0 Å². The van der Waals surface area contributed by atoms with Gasteiger partial charge in [0, 0.05) is 7.05 Å². The molecule has 0 aliphatic rings. The first-order valence-electron chi connectivity index (χ1n) is 5.36. The maximum absolute atomic E-state index is 11.2. The minimum Gasteiger partial charge on any atom is -0.493 e. The summed E-state index contributed by atoms with van der Waals surface area (Å²) in [6, 6.07) is 7.86. The van der Waals surface area contributed by atoms with E-state index in [0.29, 0.717) is 13.0 Å². The fourth-order valence-electron chi connectivity index (χ4n) is 1.25. The van der Waals surface area contributed by atoms with Crippen LogP contribution >= 0.6 is 0 Å². The largest absolute Gasteiger partial charge is 0.493 e. The quantitative estimate of drug-likeness (QED) is 0.465. The number of amides is 1. The van der Waals surface area contributed by atoms with Crippen LogP contribution in [0.15, 0.2) is 24.3 Å². The fourth-order valence-corrected chi connectivity index (χ4v) is 1.25. The minimum atomic E-state index is -0.134. The number of rotatable bonds is 5. The summed E-state index contributed by atoms with van der Waals surface area (Å²) in [7, 11) is 1.53. The summed E-state index contributed by atoms with van der Waals surface area (Å²) in [6.07, 6.45) is 1.30. The van der Waals surface area contributed by atoms with E-state index in [1.54, 1.807) is 0 Å². The van der Waals surface area contributed by atoms with Gasteiger partial charge in [-0.15, -0.1) is 0 Å². The van der Waals surface area contributed by atoms with Crippen molar-refractivity contribution in [3.05, 3.63) is 29.8 Å². The van der Waals surface area contributed by atoms with Crippen LogP contribution in [0, 0.1) is 0 Å². The van der Waals surface area contributed by atoms with Crippen molar-refractivity contribution in [2.75, 3.05) is 13.7 Å². The Balaban J connectivity index is 2.34. The zero-order valence-corrected chi connectivity index (χ0v) is 9.77. The van der Waals surface area contributed by atoms with Crippen LogP contribution in [0.5, 0.6) is 5.75 Å². The third-order valence-corrected chi connectivity index (χ3v) is 2.31. The lowest BCUT2D eigenvalue weighted by molar-refractivity contribution is -0.130. The van der Waals surface area contributed by atoms with Gasteiger partial charge in [0.2, 0.25) is 5.91 Å². The average Bonchev–Trinajstić information content (AvgIpc) is 2.29. The van der Waals surface area contributed by atoms with Crippen molar-refractivity contribution >= 4 is 5.91 Å². The van der Waals surface area contributed by atoms with Crippen molar-refractivity contribution in [3.8, 4) is 5.75 Å². The molecule has 0 aliphatic carbocycles. The molecule has 1 aromatic rings. The Bertz CT molecular complexity index is 333. The molecule has 4 heteroatoms. The number of carbonyl (C=O) groups excluding carboxylic acids is 1. The molecule has 0 saturated carbocycles. The Kier molecular flexibility index (Phi) is 4.79. The molecule has 1 rings (SSSR count). The highest BCUT2D eigenvalue weighted by molar-refractivity contribution is 5.75. The van der Waals surface area contributed by atoms with E-state index in [0.717, 1.165) is 17.2 Å². The third-order valence-electron chi connectivity index (χ3n) is 2.31. The number of hydrazine groups is 1. The normalized spacial score (nSPS) is 9.94. The second-order valence-corrected chi connectivity index (χ2v) is 3.60. The monoisotopic (exact) mass is 222 g/mol. The van der Waals surface area contributed by atoms with Gasteiger partial charge in [-0.3, -0.25) is 9.80 Å². The van der Waals surface area contributed by atoms with Crippen molar-refractivity contribution in [1.29, 1.82) is 0 Å². The van der Waals surface area contributed by atoms with E-state index in [4.69, 9.17) is 10.6 Å². The predicted molar refractivity (Wildman–Crippen MR) is 62.9 cm³/mol. The van der Waals surface area contributed by atoms with Crippen LogP contribution in [-0.2, 0) is 11.2 Å². The van der Waals surface area contributed by atoms with Crippen LogP contribution in [0.3, 0.4) is 0 Å². The number of hydrogen-bond donors (Lipinski definition) is 1. The van der Waals surface area contributed by atoms with Crippen LogP contribution in [0.1, 0.15) is 18.9 Å². The van der Waals surface area contributed by atoms with Gasteiger partial charge in [0.25, 0.3) is 0 Å². The highest BCUT2D eigenvalue weighted by Gasteiger charge is 2.04. The van der Waals surface area contributed by atoms with Crippen molar-refractivity contribution in [3.63, 3.8) is 0 Å². The van der Waals surface area contributed by atoms with Gasteiger partial charge in [0.1, 0.15) is 5.75 Å². The number of nitrogens with zero attached hydrogens (tertiary/aromatic N) is 1. The predicted octanol–water partition coefficient (Wildman–Crippen LogP) is 1.35. The third kappa shape index (κ3) is 3.90. The van der Waals surface area contributed by atoms with E-state index in [-0.39, 0.29) is 5.91 Å². The van der Waals surface area contributed by atoms with E-state index >= 15 is 0 Å². The number of ether oxygens (including phenoxy) is 1. The first-order valence-corrected chi connectivity index (χ1v) is 5.36. The summed E-state index contributed by atoms with van der Waals surface area (Å²) in [6.45, 7) is 2.46. The molecule has 0 unspecified atom stereocenters. The van der Waals surface area contributed by atoms with E-state index in [2.05, 4.69) is 6.92 Å². The second kappa shape index (κ2) is 6.12. The van der Waals surface area contributed by atoms with Gasteiger partial charge in [-0.05, 0) is 24.1 Å². The van der Waals surface area contributed by atoms with E-state index in [9.17, 15) is 4.79 Å². The number of nitrogens with two attached hydrogens (primary N) is 1.